The molecule has 0 aliphatic carbocycles. The summed E-state index contributed by atoms with van der Waals surface area (Å²) in [6.45, 7) is 6.91. The highest BCUT2D eigenvalue weighted by Crippen LogP contribution is 2.11. The number of phenols is 1. The number of ether oxygens (including phenoxy) is 1. The van der Waals surface area contributed by atoms with Gasteiger partial charge in [0.2, 0.25) is 0 Å². The van der Waals surface area contributed by atoms with Gasteiger partial charge in [0.05, 0.1) is 13.1 Å². The molecule has 164 valence electrons. The number of phenolic OH excluding ortho intramolecular Hbond substituents is 1. The van der Waals surface area contributed by atoms with Gasteiger partial charge in [0.15, 0.2) is 5.96 Å². The highest BCUT2D eigenvalue weighted by atomic mass is 127. The maximum atomic E-state index is 12.1. The normalized spacial score (nSPS) is 10.7. The van der Waals surface area contributed by atoms with Crippen LogP contribution >= 0.6 is 24.0 Å². The Morgan fingerprint density at radius 2 is 1.77 bits per heavy atom. The molecule has 30 heavy (non-hydrogen) atoms. The zero-order valence-corrected chi connectivity index (χ0v) is 20.1. The zero-order valence-electron chi connectivity index (χ0n) is 17.7. The minimum Gasteiger partial charge on any atom is -0.508 e. The number of carbonyl (C=O) groups excluding carboxylic acids is 1. The van der Waals surface area contributed by atoms with Crippen LogP contribution in [0.15, 0.2) is 53.5 Å². The molecule has 2 rings (SSSR count). The number of nitrogens with zero attached hydrogens (tertiary/aromatic N) is 2. The van der Waals surface area contributed by atoms with E-state index in [1.807, 2.05) is 50.1 Å². The lowest BCUT2D eigenvalue weighted by atomic mass is 10.2. The van der Waals surface area contributed by atoms with Crippen LogP contribution in [-0.4, -0.2) is 61.7 Å². The van der Waals surface area contributed by atoms with Gasteiger partial charge in [-0.15, -0.1) is 24.0 Å². The lowest BCUT2D eigenvalue weighted by molar-refractivity contribution is 0.0955. The van der Waals surface area contributed by atoms with Gasteiger partial charge in [0, 0.05) is 25.7 Å². The Labute approximate surface area is 195 Å². The average molecular weight is 526 g/mol. The van der Waals surface area contributed by atoms with Crippen LogP contribution in [0.25, 0.3) is 0 Å². The Morgan fingerprint density at radius 3 is 2.40 bits per heavy atom. The van der Waals surface area contributed by atoms with Gasteiger partial charge in [-0.3, -0.25) is 9.79 Å². The molecule has 2 aromatic carbocycles. The Kier molecular flexibility index (Phi) is 11.7. The van der Waals surface area contributed by atoms with E-state index in [1.54, 1.807) is 12.1 Å². The second kappa shape index (κ2) is 13.7. The summed E-state index contributed by atoms with van der Waals surface area (Å²) in [5.74, 6) is 1.56. The van der Waals surface area contributed by atoms with Gasteiger partial charge in [-0.1, -0.05) is 17.7 Å². The molecule has 8 heteroatoms. The van der Waals surface area contributed by atoms with Crippen LogP contribution in [0, 0.1) is 6.92 Å². The topological polar surface area (TPSA) is 86.2 Å². The molecular formula is C22H31IN4O3. The van der Waals surface area contributed by atoms with Crippen LogP contribution in [-0.2, 0) is 0 Å². The number of aryl methyl sites for hydroxylation is 1. The number of hydrogen-bond donors (Lipinski definition) is 3. The summed E-state index contributed by atoms with van der Waals surface area (Å²) in [6, 6.07) is 14.1. The molecule has 0 saturated heterocycles. The fourth-order valence-corrected chi connectivity index (χ4v) is 2.56. The summed E-state index contributed by atoms with van der Waals surface area (Å²) in [5, 5.41) is 15.4. The number of likely N-dealkylation sites (N-methyl/N-ethyl adjacent to an activating group) is 1. The predicted octanol–water partition coefficient (Wildman–Crippen LogP) is 3.02. The maximum Gasteiger partial charge on any atom is 0.251 e. The second-order valence-electron chi connectivity index (χ2n) is 6.62. The quantitative estimate of drug-likeness (QED) is 0.203. The van der Waals surface area contributed by atoms with Crippen molar-refractivity contribution in [1.82, 2.24) is 15.5 Å². The number of amides is 1. The summed E-state index contributed by atoms with van der Waals surface area (Å²) in [7, 11) is 1.95. The lowest BCUT2D eigenvalue weighted by Crippen LogP contribution is -2.41. The van der Waals surface area contributed by atoms with Gasteiger partial charge < -0.3 is 25.4 Å². The van der Waals surface area contributed by atoms with Crippen LogP contribution in [0.1, 0.15) is 22.8 Å². The van der Waals surface area contributed by atoms with E-state index in [4.69, 9.17) is 4.74 Å². The number of aliphatic imine (C=N–C) groups is 1. The van der Waals surface area contributed by atoms with Crippen molar-refractivity contribution in [2.24, 2.45) is 4.99 Å². The van der Waals surface area contributed by atoms with Gasteiger partial charge in [-0.2, -0.15) is 0 Å². The summed E-state index contributed by atoms with van der Waals surface area (Å²) >= 11 is 0. The van der Waals surface area contributed by atoms with Crippen LogP contribution in [0.5, 0.6) is 11.5 Å². The molecule has 0 atom stereocenters. The van der Waals surface area contributed by atoms with Gasteiger partial charge >= 0.3 is 0 Å². The van der Waals surface area contributed by atoms with Crippen molar-refractivity contribution in [3.05, 3.63) is 59.7 Å². The number of nitrogens with one attached hydrogen (secondary N) is 2. The molecule has 0 saturated carbocycles. The summed E-state index contributed by atoms with van der Waals surface area (Å²) in [4.78, 5) is 18.6. The number of halogens is 1. The van der Waals surface area contributed by atoms with Crippen molar-refractivity contribution < 1.29 is 14.6 Å². The lowest BCUT2D eigenvalue weighted by Gasteiger charge is -2.22. The number of benzene rings is 2. The minimum atomic E-state index is -0.190. The van der Waals surface area contributed by atoms with Crippen molar-refractivity contribution in [2.75, 3.05) is 39.8 Å². The predicted molar refractivity (Wildman–Crippen MR) is 131 cm³/mol. The smallest absolute Gasteiger partial charge is 0.251 e. The molecule has 0 fully saturated rings. The first-order chi connectivity index (χ1) is 14.0. The van der Waals surface area contributed by atoms with E-state index in [2.05, 4.69) is 15.6 Å². The first kappa shape index (κ1) is 25.5. The molecule has 0 heterocycles. The van der Waals surface area contributed by atoms with Gasteiger partial charge in [-0.05, 0) is 50.2 Å². The molecule has 3 N–H and O–H groups in total. The third kappa shape index (κ3) is 8.89. The van der Waals surface area contributed by atoms with Gasteiger partial charge in [-0.25, -0.2) is 0 Å². The first-order valence-electron chi connectivity index (χ1n) is 9.75. The first-order valence-corrected chi connectivity index (χ1v) is 9.75. The molecule has 0 bridgehead atoms. The minimum absolute atomic E-state index is 0. The Hall–Kier alpha value is -2.49. The second-order valence-corrected chi connectivity index (χ2v) is 6.62. The number of aromatic hydroxyl groups is 1. The van der Waals surface area contributed by atoms with E-state index >= 15 is 0 Å². The van der Waals surface area contributed by atoms with Gasteiger partial charge in [0.25, 0.3) is 5.91 Å². The molecule has 0 spiro atoms. The third-order valence-electron chi connectivity index (χ3n) is 4.20. The fourth-order valence-electron chi connectivity index (χ4n) is 2.56. The summed E-state index contributed by atoms with van der Waals surface area (Å²) in [6.07, 6.45) is 0. The highest BCUT2D eigenvalue weighted by Gasteiger charge is 2.07. The molecule has 1 amide bonds. The number of guanidine groups is 1. The van der Waals surface area contributed by atoms with Gasteiger partial charge in [0.1, 0.15) is 18.1 Å². The number of hydrogen-bond acceptors (Lipinski definition) is 4. The van der Waals surface area contributed by atoms with Crippen LogP contribution in [0.3, 0.4) is 0 Å². The standard InChI is InChI=1S/C22H30N4O3.HI/c1-4-23-22(26(3)15-16-29-20-11-5-17(2)6-12-20)25-14-13-24-21(28)18-7-9-19(27)10-8-18;/h5-12,27H,4,13-16H2,1-3H3,(H,23,25)(H,24,28);1H. The van der Waals surface area contributed by atoms with Crippen LogP contribution in [0.2, 0.25) is 0 Å². The average Bonchev–Trinajstić information content (AvgIpc) is 2.72. The molecule has 2 aromatic rings. The van der Waals surface area contributed by atoms with Crippen molar-refractivity contribution in [2.45, 2.75) is 13.8 Å². The van der Waals surface area contributed by atoms with E-state index in [-0.39, 0.29) is 35.6 Å². The summed E-state index contributed by atoms with van der Waals surface area (Å²) < 4.78 is 5.78. The number of carbonyl (C=O) groups is 1. The van der Waals surface area contributed by atoms with Crippen molar-refractivity contribution >= 4 is 35.8 Å². The van der Waals surface area contributed by atoms with Crippen molar-refractivity contribution in [3.8, 4) is 11.5 Å². The van der Waals surface area contributed by atoms with E-state index in [0.717, 1.165) is 18.3 Å². The molecule has 0 aliphatic rings. The van der Waals surface area contributed by atoms with Crippen molar-refractivity contribution in [3.63, 3.8) is 0 Å². The largest absolute Gasteiger partial charge is 0.508 e. The van der Waals surface area contributed by atoms with E-state index < -0.39 is 0 Å². The summed E-state index contributed by atoms with van der Waals surface area (Å²) in [5.41, 5.74) is 1.71. The molecule has 0 aliphatic heterocycles. The Balaban J connectivity index is 0.00000450. The van der Waals surface area contributed by atoms with E-state index in [0.29, 0.717) is 31.8 Å². The SMILES string of the molecule is CCNC(=NCCNC(=O)c1ccc(O)cc1)N(C)CCOc1ccc(C)cc1.I. The maximum absolute atomic E-state index is 12.1. The molecular weight excluding hydrogens is 495 g/mol. The Morgan fingerprint density at radius 1 is 1.10 bits per heavy atom. The highest BCUT2D eigenvalue weighted by molar-refractivity contribution is 14.0. The zero-order chi connectivity index (χ0) is 21.1. The Bertz CT molecular complexity index is 795. The molecule has 0 unspecified atom stereocenters. The van der Waals surface area contributed by atoms with Crippen molar-refractivity contribution in [1.29, 1.82) is 0 Å². The third-order valence-corrected chi connectivity index (χ3v) is 4.20. The van der Waals surface area contributed by atoms with E-state index in [9.17, 15) is 9.90 Å². The fraction of sp³-hybridized carbons (Fsp3) is 0.364. The van der Waals surface area contributed by atoms with E-state index in [1.165, 1.54) is 17.7 Å². The van der Waals surface area contributed by atoms with Crippen LogP contribution in [0.4, 0.5) is 0 Å². The molecule has 0 aromatic heterocycles. The van der Waals surface area contributed by atoms with Crippen LogP contribution < -0.4 is 15.4 Å². The monoisotopic (exact) mass is 526 g/mol. The number of rotatable bonds is 9. The molecule has 0 radical (unpaired) electrons. The molecule has 7 nitrogen and oxygen atoms in total.